The second kappa shape index (κ2) is 7.36. The van der Waals surface area contributed by atoms with Crippen LogP contribution in [-0.4, -0.2) is 22.4 Å². The third-order valence-electron chi connectivity index (χ3n) is 4.50. The fourth-order valence-electron chi connectivity index (χ4n) is 3.24. The molecule has 156 valence electrons. The third-order valence-corrected chi connectivity index (χ3v) is 4.50. The minimum absolute atomic E-state index is 0.0340. The molecule has 0 aliphatic heterocycles. The molecule has 0 amide bonds. The number of alkyl halides is 3. The van der Waals surface area contributed by atoms with Crippen molar-refractivity contribution in [3.8, 4) is 11.3 Å². The summed E-state index contributed by atoms with van der Waals surface area (Å²) in [5, 5.41) is 3.60. The van der Waals surface area contributed by atoms with Crippen LogP contribution in [0.25, 0.3) is 22.2 Å². The van der Waals surface area contributed by atoms with Crippen molar-refractivity contribution in [2.24, 2.45) is 0 Å². The van der Waals surface area contributed by atoms with Crippen LogP contribution in [0.2, 0.25) is 0 Å². The number of fused-ring (bicyclic) bond motifs is 1. The zero-order valence-corrected chi connectivity index (χ0v) is 15.6. The van der Waals surface area contributed by atoms with Crippen LogP contribution < -0.4 is 11.1 Å². The molecule has 1 aliphatic rings. The van der Waals surface area contributed by atoms with E-state index in [0.717, 1.165) is 23.4 Å². The molecular weight excluding hydrogens is 404 g/mol. The van der Waals surface area contributed by atoms with Gasteiger partial charge in [-0.3, -0.25) is 9.97 Å². The van der Waals surface area contributed by atoms with Gasteiger partial charge in [0, 0.05) is 29.0 Å². The molecule has 0 fully saturated rings. The third kappa shape index (κ3) is 3.93. The summed E-state index contributed by atoms with van der Waals surface area (Å²) >= 11 is 0. The molecule has 0 radical (unpaired) electrons. The number of pyridine rings is 2. The zero-order chi connectivity index (χ0) is 21.5. The molecular formula is C20H16F4N4O2. The molecule has 3 aromatic heterocycles. The molecule has 30 heavy (non-hydrogen) atoms. The quantitative estimate of drug-likeness (QED) is 0.562. The van der Waals surface area contributed by atoms with Crippen molar-refractivity contribution in [3.05, 3.63) is 60.0 Å². The van der Waals surface area contributed by atoms with Gasteiger partial charge >= 0.3 is 6.36 Å². The summed E-state index contributed by atoms with van der Waals surface area (Å²) in [6.07, 6.45) is 0.363. The number of allylic oxidation sites excluding steroid dienone is 1. The Labute approximate surface area is 168 Å². The monoisotopic (exact) mass is 420 g/mol. The summed E-state index contributed by atoms with van der Waals surface area (Å²) in [6, 6.07) is 4.60. The molecule has 0 spiro atoms. The van der Waals surface area contributed by atoms with E-state index in [4.69, 9.17) is 10.2 Å². The van der Waals surface area contributed by atoms with Gasteiger partial charge < -0.3 is 20.2 Å². The molecule has 0 aromatic carbocycles. The van der Waals surface area contributed by atoms with E-state index in [1.54, 1.807) is 24.5 Å². The smallest absolute Gasteiger partial charge is 0.436 e. The molecule has 6 nitrogen and oxygen atoms in total. The average molecular weight is 420 g/mol. The highest BCUT2D eigenvalue weighted by Crippen LogP contribution is 2.39. The maximum absolute atomic E-state index is 13.7. The number of furan rings is 1. The molecule has 0 saturated carbocycles. The first-order chi connectivity index (χ1) is 14.2. The van der Waals surface area contributed by atoms with E-state index in [9.17, 15) is 17.6 Å². The van der Waals surface area contributed by atoms with Gasteiger partial charge in [-0.15, -0.1) is 13.2 Å². The Kier molecular flexibility index (Phi) is 4.84. The average Bonchev–Trinajstić information content (AvgIpc) is 2.99. The summed E-state index contributed by atoms with van der Waals surface area (Å²) in [6.45, 7) is 1.84. The number of aromatic nitrogens is 2. The standard InChI is InChI=1S/C20H16F4N4O2/c1-10-8-11(4-6-26-10)16-18-13(5-7-27-16)17(19(25)29-18)28-12-2-3-14(21)15(9-12)30-20(22,23)24/h3-9,12,28H,2,25H2,1H3. The number of anilines is 2. The van der Waals surface area contributed by atoms with E-state index in [1.807, 2.05) is 13.0 Å². The number of ether oxygens (including phenoxy) is 1. The van der Waals surface area contributed by atoms with Gasteiger partial charge in [0.1, 0.15) is 11.4 Å². The number of nitrogens with zero attached hydrogens (tertiary/aromatic N) is 2. The Morgan fingerprint density at radius 2 is 2.00 bits per heavy atom. The first-order valence-corrected chi connectivity index (χ1v) is 8.91. The maximum Gasteiger partial charge on any atom is 0.573 e. The van der Waals surface area contributed by atoms with Crippen molar-refractivity contribution in [1.29, 1.82) is 0 Å². The first kappa shape index (κ1) is 19.7. The van der Waals surface area contributed by atoms with E-state index in [2.05, 4.69) is 20.0 Å². The normalized spacial score (nSPS) is 16.9. The number of nitrogen functional groups attached to an aromatic ring is 1. The van der Waals surface area contributed by atoms with Crippen LogP contribution in [0.1, 0.15) is 12.1 Å². The van der Waals surface area contributed by atoms with Gasteiger partial charge in [0.25, 0.3) is 0 Å². The highest BCUT2D eigenvalue weighted by atomic mass is 19.4. The predicted octanol–water partition coefficient (Wildman–Crippen LogP) is 5.24. The van der Waals surface area contributed by atoms with Crippen molar-refractivity contribution in [2.75, 3.05) is 11.1 Å². The summed E-state index contributed by atoms with van der Waals surface area (Å²) in [5.41, 5.74) is 8.93. The Morgan fingerprint density at radius 1 is 1.23 bits per heavy atom. The number of rotatable bonds is 4. The molecule has 1 unspecified atom stereocenters. The second-order valence-corrected chi connectivity index (χ2v) is 6.68. The molecule has 3 N–H and O–H groups in total. The van der Waals surface area contributed by atoms with E-state index in [0.29, 0.717) is 22.4 Å². The van der Waals surface area contributed by atoms with Gasteiger partial charge in [-0.1, -0.05) is 0 Å². The molecule has 3 heterocycles. The van der Waals surface area contributed by atoms with Gasteiger partial charge in [-0.25, -0.2) is 4.39 Å². The van der Waals surface area contributed by atoms with E-state index >= 15 is 0 Å². The predicted molar refractivity (Wildman–Crippen MR) is 103 cm³/mol. The Balaban J connectivity index is 1.69. The molecule has 0 saturated heterocycles. The van der Waals surface area contributed by atoms with E-state index < -0.39 is 24.0 Å². The lowest BCUT2D eigenvalue weighted by Crippen LogP contribution is -2.22. The molecule has 10 heteroatoms. The number of nitrogens with one attached hydrogen (secondary N) is 1. The van der Waals surface area contributed by atoms with Crippen molar-refractivity contribution < 1.29 is 26.7 Å². The minimum atomic E-state index is -5.00. The summed E-state index contributed by atoms with van der Waals surface area (Å²) in [4.78, 5) is 8.52. The molecule has 1 atom stereocenters. The Bertz CT molecular complexity index is 1170. The van der Waals surface area contributed by atoms with Crippen LogP contribution in [0, 0.1) is 6.92 Å². The topological polar surface area (TPSA) is 86.2 Å². The first-order valence-electron chi connectivity index (χ1n) is 8.91. The Hall–Kier alpha value is -3.56. The van der Waals surface area contributed by atoms with Crippen molar-refractivity contribution in [2.45, 2.75) is 25.7 Å². The van der Waals surface area contributed by atoms with Crippen molar-refractivity contribution >= 4 is 22.5 Å². The van der Waals surface area contributed by atoms with Gasteiger partial charge in [0.2, 0.25) is 5.88 Å². The largest absolute Gasteiger partial charge is 0.573 e. The van der Waals surface area contributed by atoms with Crippen molar-refractivity contribution in [3.63, 3.8) is 0 Å². The summed E-state index contributed by atoms with van der Waals surface area (Å²) < 4.78 is 60.7. The molecule has 4 rings (SSSR count). The van der Waals surface area contributed by atoms with Gasteiger partial charge in [-0.2, -0.15) is 0 Å². The highest BCUT2D eigenvalue weighted by Gasteiger charge is 2.34. The number of hydrogen-bond acceptors (Lipinski definition) is 6. The molecule has 1 aliphatic carbocycles. The SMILES string of the molecule is Cc1cc(-c2nccc3c(NC4C=C(OC(F)(F)F)C(F)=CC4)c(N)oc23)ccn1. The fourth-order valence-corrected chi connectivity index (χ4v) is 3.24. The van der Waals surface area contributed by atoms with Crippen LogP contribution >= 0.6 is 0 Å². The van der Waals surface area contributed by atoms with Crippen LogP contribution in [0.15, 0.2) is 58.7 Å². The van der Waals surface area contributed by atoms with E-state index in [1.165, 1.54) is 0 Å². The van der Waals surface area contributed by atoms with Gasteiger partial charge in [0.15, 0.2) is 17.2 Å². The lowest BCUT2D eigenvalue weighted by molar-refractivity contribution is -0.305. The zero-order valence-electron chi connectivity index (χ0n) is 15.6. The number of aryl methyl sites for hydroxylation is 1. The van der Waals surface area contributed by atoms with E-state index in [-0.39, 0.29) is 12.3 Å². The van der Waals surface area contributed by atoms with Gasteiger partial charge in [-0.05, 0) is 43.7 Å². The minimum Gasteiger partial charge on any atom is -0.436 e. The fraction of sp³-hybridized carbons (Fsp3) is 0.200. The summed E-state index contributed by atoms with van der Waals surface area (Å²) in [5.74, 6) is -1.94. The molecule has 3 aromatic rings. The van der Waals surface area contributed by atoms with Gasteiger partial charge in [0.05, 0.1) is 6.04 Å². The maximum atomic E-state index is 13.7. The number of halogens is 4. The van der Waals surface area contributed by atoms with Crippen LogP contribution in [0.3, 0.4) is 0 Å². The molecule has 0 bridgehead atoms. The highest BCUT2D eigenvalue weighted by molar-refractivity contribution is 6.02. The lowest BCUT2D eigenvalue weighted by Gasteiger charge is -2.21. The Morgan fingerprint density at radius 3 is 2.73 bits per heavy atom. The second-order valence-electron chi connectivity index (χ2n) is 6.68. The number of nitrogens with two attached hydrogens (primary N) is 1. The van der Waals surface area contributed by atoms with Crippen LogP contribution in [-0.2, 0) is 4.74 Å². The lowest BCUT2D eigenvalue weighted by atomic mass is 10.1. The summed E-state index contributed by atoms with van der Waals surface area (Å²) in [7, 11) is 0. The number of hydrogen-bond donors (Lipinski definition) is 2. The van der Waals surface area contributed by atoms with Crippen LogP contribution in [0.5, 0.6) is 0 Å². The van der Waals surface area contributed by atoms with Crippen molar-refractivity contribution in [1.82, 2.24) is 9.97 Å². The van der Waals surface area contributed by atoms with Crippen LogP contribution in [0.4, 0.5) is 29.1 Å².